The van der Waals surface area contributed by atoms with E-state index in [4.69, 9.17) is 4.74 Å². The van der Waals surface area contributed by atoms with Crippen LogP contribution in [0, 0.1) is 5.92 Å². The molecule has 1 unspecified atom stereocenters. The minimum absolute atomic E-state index is 0.00314. The smallest absolute Gasteiger partial charge is 0.226 e. The van der Waals surface area contributed by atoms with Gasteiger partial charge >= 0.3 is 0 Å². The lowest BCUT2D eigenvalue weighted by molar-refractivity contribution is -0.140. The number of nitrogens with zero attached hydrogens (tertiary/aromatic N) is 2. The van der Waals surface area contributed by atoms with E-state index in [-0.39, 0.29) is 35.7 Å². The highest BCUT2D eigenvalue weighted by Gasteiger charge is 2.31. The van der Waals surface area contributed by atoms with Crippen LogP contribution in [-0.4, -0.2) is 74.3 Å². The zero-order valence-corrected chi connectivity index (χ0v) is 16.2. The number of benzene rings is 1. The Morgan fingerprint density at radius 3 is 2.22 bits per heavy atom. The van der Waals surface area contributed by atoms with E-state index in [9.17, 15) is 18.0 Å². The second-order valence-corrected chi connectivity index (χ2v) is 9.37. The van der Waals surface area contributed by atoms with Crippen molar-refractivity contribution >= 4 is 21.7 Å². The average Bonchev–Trinajstić information content (AvgIpc) is 3.01. The Labute approximate surface area is 160 Å². The van der Waals surface area contributed by atoms with Gasteiger partial charge < -0.3 is 14.5 Å². The van der Waals surface area contributed by atoms with Crippen molar-refractivity contribution in [1.29, 1.82) is 0 Å². The Hall–Kier alpha value is -2.09. The van der Waals surface area contributed by atoms with Crippen molar-refractivity contribution in [3.05, 3.63) is 30.3 Å². The molecule has 1 aromatic rings. The Morgan fingerprint density at radius 2 is 1.63 bits per heavy atom. The molecule has 0 aliphatic carbocycles. The van der Waals surface area contributed by atoms with Gasteiger partial charge in [-0.3, -0.25) is 9.59 Å². The summed E-state index contributed by atoms with van der Waals surface area (Å²) in [4.78, 5) is 28.2. The largest absolute Gasteiger partial charge is 0.493 e. The summed E-state index contributed by atoms with van der Waals surface area (Å²) in [5, 5.41) is 0. The molecule has 0 spiro atoms. The van der Waals surface area contributed by atoms with Crippen LogP contribution >= 0.6 is 0 Å². The Bertz CT molecular complexity index is 758. The maximum absolute atomic E-state index is 12.4. The third-order valence-electron chi connectivity index (χ3n) is 5.10. The number of ether oxygens (including phenoxy) is 1. The number of hydrogen-bond acceptors (Lipinski definition) is 5. The predicted molar refractivity (Wildman–Crippen MR) is 101 cm³/mol. The summed E-state index contributed by atoms with van der Waals surface area (Å²) in [7, 11) is -2.96. The van der Waals surface area contributed by atoms with Crippen LogP contribution in [-0.2, 0) is 19.4 Å². The molecule has 0 N–H and O–H groups in total. The molecule has 0 aromatic heterocycles. The number of rotatable bonds is 6. The first-order chi connectivity index (χ1) is 12.9. The van der Waals surface area contributed by atoms with Gasteiger partial charge in [-0.15, -0.1) is 0 Å². The maximum atomic E-state index is 12.4. The molecular formula is C19H26N2O5S. The van der Waals surface area contributed by atoms with Gasteiger partial charge in [0.2, 0.25) is 11.8 Å². The van der Waals surface area contributed by atoms with Crippen LogP contribution in [0.5, 0.6) is 5.75 Å². The van der Waals surface area contributed by atoms with E-state index < -0.39 is 9.84 Å². The molecular weight excluding hydrogens is 368 g/mol. The molecule has 0 saturated carbocycles. The first kappa shape index (κ1) is 19.7. The number of piperazine rings is 1. The monoisotopic (exact) mass is 394 g/mol. The van der Waals surface area contributed by atoms with Crippen LogP contribution in [0.25, 0.3) is 0 Å². The highest BCUT2D eigenvalue weighted by atomic mass is 32.2. The first-order valence-corrected chi connectivity index (χ1v) is 11.2. The lowest BCUT2D eigenvalue weighted by Crippen LogP contribution is -2.51. The van der Waals surface area contributed by atoms with Gasteiger partial charge in [-0.05, 0) is 24.5 Å². The summed E-state index contributed by atoms with van der Waals surface area (Å²) < 4.78 is 28.6. The van der Waals surface area contributed by atoms with Crippen molar-refractivity contribution in [3.8, 4) is 5.75 Å². The second-order valence-electron chi connectivity index (χ2n) is 7.15. The molecule has 27 heavy (non-hydrogen) atoms. The number of carbonyl (C=O) groups is 2. The van der Waals surface area contributed by atoms with E-state index in [2.05, 4.69) is 0 Å². The lowest BCUT2D eigenvalue weighted by atomic mass is 10.0. The minimum atomic E-state index is -2.96. The number of hydrogen-bond donors (Lipinski definition) is 0. The maximum Gasteiger partial charge on any atom is 0.226 e. The molecule has 0 bridgehead atoms. The highest BCUT2D eigenvalue weighted by Crippen LogP contribution is 2.22. The van der Waals surface area contributed by atoms with Crippen molar-refractivity contribution in [3.63, 3.8) is 0 Å². The zero-order chi connectivity index (χ0) is 19.3. The van der Waals surface area contributed by atoms with Crippen LogP contribution in [0.4, 0.5) is 0 Å². The van der Waals surface area contributed by atoms with Crippen molar-refractivity contribution in [2.45, 2.75) is 19.3 Å². The van der Waals surface area contributed by atoms with E-state index >= 15 is 0 Å². The summed E-state index contributed by atoms with van der Waals surface area (Å²) in [6, 6.07) is 9.38. The van der Waals surface area contributed by atoms with Gasteiger partial charge in [0.05, 0.1) is 24.5 Å². The minimum Gasteiger partial charge on any atom is -0.493 e. The Kier molecular flexibility index (Phi) is 6.36. The Morgan fingerprint density at radius 1 is 1.00 bits per heavy atom. The van der Waals surface area contributed by atoms with Gasteiger partial charge in [-0.2, -0.15) is 0 Å². The molecule has 1 aromatic carbocycles. The summed E-state index contributed by atoms with van der Waals surface area (Å²) in [6.45, 7) is 2.36. The molecule has 2 heterocycles. The highest BCUT2D eigenvalue weighted by molar-refractivity contribution is 7.91. The first-order valence-electron chi connectivity index (χ1n) is 9.37. The van der Waals surface area contributed by atoms with Gasteiger partial charge in [0.15, 0.2) is 9.84 Å². The number of para-hydroxylation sites is 1. The van der Waals surface area contributed by atoms with Gasteiger partial charge in [0, 0.05) is 32.6 Å². The van der Waals surface area contributed by atoms with Crippen molar-refractivity contribution in [2.24, 2.45) is 5.92 Å². The van der Waals surface area contributed by atoms with Crippen molar-refractivity contribution < 1.29 is 22.7 Å². The van der Waals surface area contributed by atoms with Gasteiger partial charge in [-0.25, -0.2) is 8.42 Å². The molecule has 2 fully saturated rings. The summed E-state index contributed by atoms with van der Waals surface area (Å²) in [5.41, 5.74) is 0. The molecule has 0 radical (unpaired) electrons. The molecule has 7 nitrogen and oxygen atoms in total. The van der Waals surface area contributed by atoms with E-state index in [1.807, 2.05) is 30.3 Å². The van der Waals surface area contributed by atoms with Crippen molar-refractivity contribution in [2.75, 3.05) is 44.3 Å². The summed E-state index contributed by atoms with van der Waals surface area (Å²) in [5.74, 6) is 1.03. The van der Waals surface area contributed by atoms with E-state index in [1.54, 1.807) is 9.80 Å². The summed E-state index contributed by atoms with van der Waals surface area (Å²) >= 11 is 0. The fourth-order valence-electron chi connectivity index (χ4n) is 3.55. The molecule has 2 aliphatic rings. The van der Waals surface area contributed by atoms with Crippen LogP contribution < -0.4 is 4.74 Å². The van der Waals surface area contributed by atoms with E-state index in [1.165, 1.54) is 0 Å². The van der Waals surface area contributed by atoms with Crippen LogP contribution in [0.1, 0.15) is 19.3 Å². The number of amides is 2. The SMILES string of the molecule is O=C(CCOc1ccccc1)N1CCN(C(=O)CC2CCS(=O)(=O)C2)CC1. The predicted octanol–water partition coefficient (Wildman–Crippen LogP) is 0.951. The average molecular weight is 394 g/mol. The second kappa shape index (κ2) is 8.73. The molecule has 8 heteroatoms. The quantitative estimate of drug-likeness (QED) is 0.717. The standard InChI is InChI=1S/C19H26N2O5S/c22-18(6-12-26-17-4-2-1-3-5-17)20-8-10-21(11-9-20)19(23)14-16-7-13-27(24,25)15-16/h1-5,16H,6-15H2. The molecule has 3 rings (SSSR count). The van der Waals surface area contributed by atoms with Crippen LogP contribution in [0.15, 0.2) is 30.3 Å². The number of sulfone groups is 1. The van der Waals surface area contributed by atoms with Gasteiger partial charge in [-0.1, -0.05) is 18.2 Å². The van der Waals surface area contributed by atoms with Crippen molar-refractivity contribution in [1.82, 2.24) is 9.80 Å². The van der Waals surface area contributed by atoms with E-state index in [0.29, 0.717) is 45.6 Å². The fraction of sp³-hybridized carbons (Fsp3) is 0.579. The van der Waals surface area contributed by atoms with Crippen LogP contribution in [0.2, 0.25) is 0 Å². The summed E-state index contributed by atoms with van der Waals surface area (Å²) in [6.07, 6.45) is 1.18. The molecule has 148 valence electrons. The van der Waals surface area contributed by atoms with Crippen LogP contribution in [0.3, 0.4) is 0 Å². The molecule has 2 amide bonds. The molecule has 2 saturated heterocycles. The zero-order valence-electron chi connectivity index (χ0n) is 15.4. The Balaban J connectivity index is 1.36. The van der Waals surface area contributed by atoms with Gasteiger partial charge in [0.25, 0.3) is 0 Å². The normalized spacial score (nSPS) is 21.9. The third kappa shape index (κ3) is 5.69. The third-order valence-corrected chi connectivity index (χ3v) is 6.94. The molecule has 2 aliphatic heterocycles. The fourth-order valence-corrected chi connectivity index (χ4v) is 5.41. The van der Waals surface area contributed by atoms with E-state index in [0.717, 1.165) is 5.75 Å². The van der Waals surface area contributed by atoms with Gasteiger partial charge in [0.1, 0.15) is 5.75 Å². The lowest BCUT2D eigenvalue weighted by Gasteiger charge is -2.35. The number of carbonyl (C=O) groups excluding carboxylic acids is 2. The molecule has 1 atom stereocenters. The topological polar surface area (TPSA) is 84.0 Å².